The number of sulfonamides is 1. The molecule has 6 nitrogen and oxygen atoms in total. The van der Waals surface area contributed by atoms with Crippen molar-refractivity contribution in [3.8, 4) is 0 Å². The first-order valence-corrected chi connectivity index (χ1v) is 6.53. The van der Waals surface area contributed by atoms with Crippen molar-refractivity contribution in [1.29, 1.82) is 0 Å². The summed E-state index contributed by atoms with van der Waals surface area (Å²) in [6.45, 7) is 0.0464. The molecule has 0 heterocycles. The summed E-state index contributed by atoms with van der Waals surface area (Å²) < 4.78 is 25.8. The molecular formula is C9H12ClN3O3S. The number of hydrogen-bond donors (Lipinski definition) is 3. The molecule has 0 saturated heterocycles. The van der Waals surface area contributed by atoms with Gasteiger partial charge in [0.2, 0.25) is 10.0 Å². The van der Waals surface area contributed by atoms with Gasteiger partial charge in [-0.1, -0.05) is 22.8 Å². The lowest BCUT2D eigenvalue weighted by molar-refractivity contribution is 0.317. The third-order valence-electron chi connectivity index (χ3n) is 1.91. The van der Waals surface area contributed by atoms with Gasteiger partial charge in [0.15, 0.2) is 0 Å². The second-order valence-electron chi connectivity index (χ2n) is 3.20. The van der Waals surface area contributed by atoms with Crippen LogP contribution in [0.15, 0.2) is 34.3 Å². The van der Waals surface area contributed by atoms with E-state index in [0.717, 1.165) is 0 Å². The highest BCUT2D eigenvalue weighted by atomic mass is 35.5. The molecule has 0 unspecified atom stereocenters. The first-order chi connectivity index (χ1) is 7.95. The van der Waals surface area contributed by atoms with Gasteiger partial charge in [-0.15, -0.1) is 0 Å². The Morgan fingerprint density at radius 2 is 2.24 bits per heavy atom. The number of benzene rings is 1. The highest BCUT2D eigenvalue weighted by molar-refractivity contribution is 7.89. The van der Waals surface area contributed by atoms with Crippen molar-refractivity contribution < 1.29 is 13.6 Å². The fourth-order valence-corrected chi connectivity index (χ4v) is 2.41. The summed E-state index contributed by atoms with van der Waals surface area (Å²) in [4.78, 5) is 0.0736. The molecule has 0 aliphatic heterocycles. The van der Waals surface area contributed by atoms with Crippen LogP contribution in [0.3, 0.4) is 0 Å². The Morgan fingerprint density at radius 1 is 1.53 bits per heavy atom. The van der Waals surface area contributed by atoms with E-state index in [4.69, 9.17) is 22.5 Å². The zero-order valence-electron chi connectivity index (χ0n) is 8.80. The maximum Gasteiger partial charge on any atom is 0.240 e. The Bertz CT molecular complexity index is 516. The van der Waals surface area contributed by atoms with Crippen LogP contribution in [0, 0.1) is 0 Å². The van der Waals surface area contributed by atoms with Crippen molar-refractivity contribution in [2.24, 2.45) is 10.9 Å². The van der Waals surface area contributed by atoms with Crippen LogP contribution in [0.25, 0.3) is 0 Å². The average Bonchev–Trinajstić information content (AvgIpc) is 2.28. The van der Waals surface area contributed by atoms with Crippen molar-refractivity contribution in [2.75, 3.05) is 6.54 Å². The van der Waals surface area contributed by atoms with Crippen molar-refractivity contribution in [3.63, 3.8) is 0 Å². The smallest absolute Gasteiger partial charge is 0.240 e. The van der Waals surface area contributed by atoms with Crippen LogP contribution in [0.5, 0.6) is 0 Å². The van der Waals surface area contributed by atoms with Crippen LogP contribution in [-0.4, -0.2) is 26.0 Å². The van der Waals surface area contributed by atoms with Crippen molar-refractivity contribution >= 4 is 27.5 Å². The fourth-order valence-electron chi connectivity index (χ4n) is 1.08. The standard InChI is InChI=1S/C9H12ClN3O3S/c10-7-2-1-3-8(6-7)17(15,16)12-5-4-9(11)13-14/h1-3,6,12,14H,4-5H2,(H2,11,13). The van der Waals surface area contributed by atoms with Crippen LogP contribution >= 0.6 is 11.6 Å². The minimum absolute atomic E-state index is 0.0428. The first kappa shape index (κ1) is 13.8. The molecule has 1 aromatic rings. The molecule has 1 rings (SSSR count). The van der Waals surface area contributed by atoms with E-state index in [9.17, 15) is 8.42 Å². The fraction of sp³-hybridized carbons (Fsp3) is 0.222. The van der Waals surface area contributed by atoms with Crippen LogP contribution < -0.4 is 10.5 Å². The second-order valence-corrected chi connectivity index (χ2v) is 5.40. The van der Waals surface area contributed by atoms with Gasteiger partial charge in [0.1, 0.15) is 5.84 Å². The highest BCUT2D eigenvalue weighted by Crippen LogP contribution is 2.14. The summed E-state index contributed by atoms with van der Waals surface area (Å²) in [5.41, 5.74) is 5.21. The van der Waals surface area contributed by atoms with E-state index in [1.54, 1.807) is 12.1 Å². The van der Waals surface area contributed by atoms with Gasteiger partial charge in [-0.3, -0.25) is 0 Å². The molecule has 0 radical (unpaired) electrons. The van der Waals surface area contributed by atoms with Crippen LogP contribution in [0.2, 0.25) is 5.02 Å². The van der Waals surface area contributed by atoms with E-state index in [1.165, 1.54) is 12.1 Å². The molecular weight excluding hydrogens is 266 g/mol. The zero-order valence-corrected chi connectivity index (χ0v) is 10.4. The number of rotatable bonds is 5. The van der Waals surface area contributed by atoms with Gasteiger partial charge in [0, 0.05) is 18.0 Å². The van der Waals surface area contributed by atoms with Gasteiger partial charge in [-0.2, -0.15) is 0 Å². The van der Waals surface area contributed by atoms with Crippen molar-refractivity contribution in [3.05, 3.63) is 29.3 Å². The normalized spacial score (nSPS) is 12.6. The van der Waals surface area contributed by atoms with E-state index < -0.39 is 10.0 Å². The summed E-state index contributed by atoms with van der Waals surface area (Å²) in [7, 11) is -3.61. The SMILES string of the molecule is NC(CCNS(=O)(=O)c1cccc(Cl)c1)=NO. The minimum atomic E-state index is -3.61. The van der Waals surface area contributed by atoms with Crippen molar-refractivity contribution in [1.82, 2.24) is 4.72 Å². The molecule has 4 N–H and O–H groups in total. The van der Waals surface area contributed by atoms with Crippen LogP contribution in [0.4, 0.5) is 0 Å². The maximum absolute atomic E-state index is 11.7. The quantitative estimate of drug-likeness (QED) is 0.320. The largest absolute Gasteiger partial charge is 0.409 e. The van der Waals surface area contributed by atoms with Gasteiger partial charge >= 0.3 is 0 Å². The summed E-state index contributed by atoms with van der Waals surface area (Å²) in [5, 5.41) is 11.4. The van der Waals surface area contributed by atoms with Gasteiger partial charge in [-0.05, 0) is 18.2 Å². The lowest BCUT2D eigenvalue weighted by Crippen LogP contribution is -2.28. The Kier molecular flexibility index (Phi) is 4.73. The zero-order chi connectivity index (χ0) is 12.9. The number of amidine groups is 1. The van der Waals surface area contributed by atoms with Crippen LogP contribution in [0.1, 0.15) is 6.42 Å². The Balaban J connectivity index is 2.70. The molecule has 8 heteroatoms. The Morgan fingerprint density at radius 3 is 2.82 bits per heavy atom. The lowest BCUT2D eigenvalue weighted by Gasteiger charge is -2.06. The Labute approximate surface area is 104 Å². The molecule has 0 fully saturated rings. The predicted molar refractivity (Wildman–Crippen MR) is 64.7 cm³/mol. The first-order valence-electron chi connectivity index (χ1n) is 4.67. The van der Waals surface area contributed by atoms with E-state index in [0.29, 0.717) is 5.02 Å². The Hall–Kier alpha value is -1.31. The summed E-state index contributed by atoms with van der Waals surface area (Å²) in [6, 6.07) is 5.89. The third-order valence-corrected chi connectivity index (χ3v) is 3.60. The highest BCUT2D eigenvalue weighted by Gasteiger charge is 2.13. The number of nitrogens with two attached hydrogens (primary N) is 1. The second kappa shape index (κ2) is 5.85. The van der Waals surface area contributed by atoms with E-state index in [2.05, 4.69) is 9.88 Å². The summed E-state index contributed by atoms with van der Waals surface area (Å²) in [5.74, 6) is -0.0428. The predicted octanol–water partition coefficient (Wildman–Crippen LogP) is 0.755. The average molecular weight is 278 g/mol. The number of nitrogens with zero attached hydrogens (tertiary/aromatic N) is 1. The molecule has 0 spiro atoms. The van der Waals surface area contributed by atoms with Crippen molar-refractivity contribution in [2.45, 2.75) is 11.3 Å². The molecule has 94 valence electrons. The molecule has 0 aromatic heterocycles. The molecule has 17 heavy (non-hydrogen) atoms. The topological polar surface area (TPSA) is 105 Å². The van der Waals surface area contributed by atoms with E-state index >= 15 is 0 Å². The number of hydrogen-bond acceptors (Lipinski definition) is 4. The monoisotopic (exact) mass is 277 g/mol. The number of halogens is 1. The van der Waals surface area contributed by atoms with E-state index in [1.807, 2.05) is 0 Å². The summed E-state index contributed by atoms with van der Waals surface area (Å²) in [6.07, 6.45) is 0.121. The molecule has 0 bridgehead atoms. The number of nitrogens with one attached hydrogen (secondary N) is 1. The third kappa shape index (κ3) is 4.22. The molecule has 0 aliphatic carbocycles. The lowest BCUT2D eigenvalue weighted by atomic mass is 10.4. The van der Waals surface area contributed by atoms with Gasteiger partial charge < -0.3 is 10.9 Å². The molecule has 0 amide bonds. The van der Waals surface area contributed by atoms with Gasteiger partial charge in [0.05, 0.1) is 4.90 Å². The molecule has 0 atom stereocenters. The van der Waals surface area contributed by atoms with Gasteiger partial charge in [0.25, 0.3) is 0 Å². The minimum Gasteiger partial charge on any atom is -0.409 e. The van der Waals surface area contributed by atoms with Gasteiger partial charge in [-0.25, -0.2) is 13.1 Å². The molecule has 1 aromatic carbocycles. The maximum atomic E-state index is 11.7. The summed E-state index contributed by atoms with van der Waals surface area (Å²) >= 11 is 5.69. The molecule has 0 aliphatic rings. The van der Waals surface area contributed by atoms with Crippen LogP contribution in [-0.2, 0) is 10.0 Å². The molecule has 0 saturated carbocycles. The number of oxime groups is 1. The van der Waals surface area contributed by atoms with E-state index in [-0.39, 0.29) is 23.7 Å².